The van der Waals surface area contributed by atoms with Crippen LogP contribution < -0.4 is 0 Å². The van der Waals surface area contributed by atoms with E-state index in [1.54, 1.807) is 19.1 Å². The van der Waals surface area contributed by atoms with Gasteiger partial charge in [0, 0.05) is 0 Å². The van der Waals surface area contributed by atoms with Crippen molar-refractivity contribution in [1.29, 1.82) is 0 Å². The highest BCUT2D eigenvalue weighted by Gasteiger charge is 2.17. The number of carboxylic acids is 1. The van der Waals surface area contributed by atoms with Crippen LogP contribution >= 0.6 is 0 Å². The summed E-state index contributed by atoms with van der Waals surface area (Å²) in [6.07, 6.45) is 6.68. The quantitative estimate of drug-likeness (QED) is 0.294. The molecule has 0 fully saturated rings. The predicted octanol–water partition coefficient (Wildman–Crippen LogP) is 2.83. The van der Waals surface area contributed by atoms with E-state index in [1.165, 1.54) is 6.08 Å². The highest BCUT2D eigenvalue weighted by molar-refractivity contribution is 6.13. The summed E-state index contributed by atoms with van der Waals surface area (Å²) in [6.45, 7) is 1.71. The first kappa shape index (κ1) is 15.4. The van der Waals surface area contributed by atoms with Crippen molar-refractivity contribution in [2.75, 3.05) is 7.11 Å². The van der Waals surface area contributed by atoms with E-state index in [-0.39, 0.29) is 0 Å². The first-order valence-corrected chi connectivity index (χ1v) is 5.98. The van der Waals surface area contributed by atoms with Gasteiger partial charge in [0.25, 0.3) is 0 Å². The fourth-order valence-corrected chi connectivity index (χ4v) is 1.47. The largest absolute Gasteiger partial charge is 0.477 e. The van der Waals surface area contributed by atoms with Crippen LogP contribution in [0.15, 0.2) is 59.7 Å². The summed E-state index contributed by atoms with van der Waals surface area (Å²) in [5, 5.41) is 8.91. The maximum Gasteiger partial charge on any atom is 0.345 e. The summed E-state index contributed by atoms with van der Waals surface area (Å²) in [6, 6.07) is 9.68. The summed E-state index contributed by atoms with van der Waals surface area (Å²) in [5.41, 5.74) is 1.28. The van der Waals surface area contributed by atoms with Crippen molar-refractivity contribution in [3.63, 3.8) is 0 Å². The summed E-state index contributed by atoms with van der Waals surface area (Å²) >= 11 is 0. The summed E-state index contributed by atoms with van der Waals surface area (Å²) in [4.78, 5) is 22.2. The number of carbonyl (C=O) groups excluding carboxylic acids is 1. The Morgan fingerprint density at radius 2 is 1.85 bits per heavy atom. The molecule has 0 amide bonds. The fraction of sp³-hybridized carbons (Fsp3) is 0.125. The molecule has 20 heavy (non-hydrogen) atoms. The predicted molar refractivity (Wildman–Crippen MR) is 77.0 cm³/mol. The van der Waals surface area contributed by atoms with Gasteiger partial charge in [-0.05, 0) is 18.6 Å². The molecule has 0 aliphatic carbocycles. The molecule has 0 spiro atoms. The van der Waals surface area contributed by atoms with E-state index in [2.05, 4.69) is 4.74 Å². The number of benzene rings is 1. The molecule has 1 rings (SSSR count). The molecule has 104 valence electrons. The molecule has 0 unspecified atom stereocenters. The van der Waals surface area contributed by atoms with Gasteiger partial charge in [0.05, 0.1) is 7.11 Å². The zero-order chi connectivity index (χ0) is 15.0. The molecule has 0 heterocycles. The van der Waals surface area contributed by atoms with Crippen LogP contribution in [0.2, 0.25) is 0 Å². The van der Waals surface area contributed by atoms with Crippen molar-refractivity contribution in [2.45, 2.75) is 6.92 Å². The Kier molecular flexibility index (Phi) is 5.97. The fourth-order valence-electron chi connectivity index (χ4n) is 1.47. The van der Waals surface area contributed by atoms with Crippen molar-refractivity contribution < 1.29 is 19.4 Å². The van der Waals surface area contributed by atoms with Crippen molar-refractivity contribution >= 4 is 18.0 Å². The van der Waals surface area contributed by atoms with E-state index in [9.17, 15) is 9.59 Å². The first-order chi connectivity index (χ1) is 9.54. The van der Waals surface area contributed by atoms with Gasteiger partial charge in [-0.1, -0.05) is 54.1 Å². The van der Waals surface area contributed by atoms with E-state index < -0.39 is 17.5 Å². The smallest absolute Gasteiger partial charge is 0.345 e. The average molecular weight is 272 g/mol. The number of hydrogen-bond acceptors (Lipinski definition) is 3. The van der Waals surface area contributed by atoms with Gasteiger partial charge in [0.2, 0.25) is 0 Å². The molecule has 0 atom stereocenters. The Hall–Kier alpha value is -2.62. The van der Waals surface area contributed by atoms with E-state index in [0.717, 1.165) is 12.7 Å². The van der Waals surface area contributed by atoms with Crippen LogP contribution in [0.4, 0.5) is 0 Å². The second kappa shape index (κ2) is 7.74. The molecule has 1 N–H and O–H groups in total. The highest BCUT2D eigenvalue weighted by Crippen LogP contribution is 2.07. The maximum absolute atomic E-state index is 11.3. The van der Waals surface area contributed by atoms with Gasteiger partial charge >= 0.3 is 11.9 Å². The number of rotatable bonds is 5. The van der Waals surface area contributed by atoms with Gasteiger partial charge in [-0.2, -0.15) is 0 Å². The number of carbonyl (C=O) groups is 2. The Labute approximate surface area is 117 Å². The number of aliphatic carboxylic acids is 1. The van der Waals surface area contributed by atoms with Gasteiger partial charge in [-0.15, -0.1) is 0 Å². The average Bonchev–Trinajstić information content (AvgIpc) is 2.45. The van der Waals surface area contributed by atoms with E-state index in [4.69, 9.17) is 5.11 Å². The standard InChI is InChI=1S/C16H16O4/c1-12(11-14(15(17)18)16(19)20-2)7-6-10-13-8-4-3-5-9-13/h3-11H,1-2H3,(H,17,18)/b10-6+,12-7+,14-11+. The van der Waals surface area contributed by atoms with Gasteiger partial charge in [0.1, 0.15) is 5.57 Å². The van der Waals surface area contributed by atoms with Gasteiger partial charge in [-0.25, -0.2) is 9.59 Å². The zero-order valence-electron chi connectivity index (χ0n) is 11.4. The Bertz CT molecular complexity index is 565. The second-order valence-corrected chi connectivity index (χ2v) is 4.04. The number of esters is 1. The molecule has 0 saturated heterocycles. The highest BCUT2D eigenvalue weighted by atomic mass is 16.5. The summed E-state index contributed by atoms with van der Waals surface area (Å²) in [5.74, 6) is -2.17. The summed E-state index contributed by atoms with van der Waals surface area (Å²) in [7, 11) is 1.15. The van der Waals surface area contributed by atoms with Crippen LogP contribution in [0.3, 0.4) is 0 Å². The number of ether oxygens (including phenoxy) is 1. The van der Waals surface area contributed by atoms with Crippen LogP contribution in [0, 0.1) is 0 Å². The monoisotopic (exact) mass is 272 g/mol. The van der Waals surface area contributed by atoms with Crippen molar-refractivity contribution in [1.82, 2.24) is 0 Å². The van der Waals surface area contributed by atoms with Crippen LogP contribution in [0.1, 0.15) is 12.5 Å². The molecule has 0 aromatic heterocycles. The third-order valence-electron chi connectivity index (χ3n) is 2.46. The molecular formula is C16H16O4. The molecule has 4 heteroatoms. The lowest BCUT2D eigenvalue weighted by Crippen LogP contribution is -2.13. The number of carboxylic acid groups (broad SMARTS) is 1. The van der Waals surface area contributed by atoms with Crippen LogP contribution in [-0.2, 0) is 14.3 Å². The third-order valence-corrected chi connectivity index (χ3v) is 2.46. The topological polar surface area (TPSA) is 63.6 Å². The van der Waals surface area contributed by atoms with Crippen molar-refractivity contribution in [3.8, 4) is 0 Å². The van der Waals surface area contributed by atoms with Crippen molar-refractivity contribution in [2.24, 2.45) is 0 Å². The number of allylic oxidation sites excluding steroid dienone is 4. The zero-order valence-corrected chi connectivity index (χ0v) is 11.4. The minimum Gasteiger partial charge on any atom is -0.477 e. The number of methoxy groups -OCH3 is 1. The molecule has 1 aromatic carbocycles. The minimum absolute atomic E-state index is 0.394. The Morgan fingerprint density at radius 3 is 2.40 bits per heavy atom. The van der Waals surface area contributed by atoms with Gasteiger partial charge in [0.15, 0.2) is 0 Å². The van der Waals surface area contributed by atoms with Crippen LogP contribution in [-0.4, -0.2) is 24.2 Å². The van der Waals surface area contributed by atoms with Crippen molar-refractivity contribution in [3.05, 3.63) is 65.3 Å². The molecule has 0 aliphatic rings. The Morgan fingerprint density at radius 1 is 1.20 bits per heavy atom. The normalized spacial score (nSPS) is 12.5. The molecule has 0 bridgehead atoms. The third kappa shape index (κ3) is 4.94. The lowest BCUT2D eigenvalue weighted by molar-refractivity contribution is -0.142. The Balaban J connectivity index is 2.85. The molecule has 0 saturated carbocycles. The van der Waals surface area contributed by atoms with Gasteiger partial charge in [-0.3, -0.25) is 0 Å². The molecule has 4 nitrogen and oxygen atoms in total. The maximum atomic E-state index is 11.3. The van der Waals surface area contributed by atoms with Crippen LogP contribution in [0.5, 0.6) is 0 Å². The lowest BCUT2D eigenvalue weighted by atomic mass is 10.1. The molecule has 0 radical (unpaired) electrons. The SMILES string of the molecule is COC(=O)/C(=C/C(C)=C/C=C/c1ccccc1)C(=O)O. The first-order valence-electron chi connectivity index (χ1n) is 5.98. The molecular weight excluding hydrogens is 256 g/mol. The number of hydrogen-bond donors (Lipinski definition) is 1. The molecule has 1 aromatic rings. The van der Waals surface area contributed by atoms with E-state index in [1.807, 2.05) is 36.4 Å². The molecule has 0 aliphatic heterocycles. The van der Waals surface area contributed by atoms with Crippen LogP contribution in [0.25, 0.3) is 6.08 Å². The van der Waals surface area contributed by atoms with Gasteiger partial charge < -0.3 is 9.84 Å². The second-order valence-electron chi connectivity index (χ2n) is 4.04. The van der Waals surface area contributed by atoms with E-state index in [0.29, 0.717) is 5.57 Å². The minimum atomic E-state index is -1.31. The van der Waals surface area contributed by atoms with E-state index >= 15 is 0 Å². The lowest BCUT2D eigenvalue weighted by Gasteiger charge is -1.99. The summed E-state index contributed by atoms with van der Waals surface area (Å²) < 4.78 is 4.42.